The molecule has 0 unspecified atom stereocenters. The maximum atomic E-state index is 13.0. The number of hydrogen-bond acceptors (Lipinski definition) is 2. The zero-order valence-corrected chi connectivity index (χ0v) is 12.9. The molecule has 0 heterocycles. The molecular weight excluding hydrogens is 295 g/mol. The molecule has 0 bridgehead atoms. The lowest BCUT2D eigenvalue weighted by atomic mass is 10.1. The first-order chi connectivity index (χ1) is 11.1. The Balaban J connectivity index is 1.79. The SMILES string of the molecule is CNC(=O)c1ccc(CNC(=O)CCc2cccc(F)c2)cc1. The Morgan fingerprint density at radius 2 is 1.78 bits per heavy atom. The van der Waals surface area contributed by atoms with Crippen LogP contribution in [-0.4, -0.2) is 18.9 Å². The van der Waals surface area contributed by atoms with Gasteiger partial charge in [0.15, 0.2) is 0 Å². The molecule has 0 saturated carbocycles. The van der Waals surface area contributed by atoms with Crippen LogP contribution in [0.25, 0.3) is 0 Å². The van der Waals surface area contributed by atoms with Crippen molar-refractivity contribution in [1.29, 1.82) is 0 Å². The molecule has 2 aromatic carbocycles. The van der Waals surface area contributed by atoms with Gasteiger partial charge in [0, 0.05) is 25.6 Å². The summed E-state index contributed by atoms with van der Waals surface area (Å²) < 4.78 is 13.0. The van der Waals surface area contributed by atoms with Gasteiger partial charge < -0.3 is 10.6 Å². The first kappa shape index (κ1) is 16.7. The Bertz CT molecular complexity index is 684. The highest BCUT2D eigenvalue weighted by molar-refractivity contribution is 5.93. The fourth-order valence-corrected chi connectivity index (χ4v) is 2.16. The van der Waals surface area contributed by atoms with Gasteiger partial charge in [-0.3, -0.25) is 9.59 Å². The Labute approximate surface area is 134 Å². The molecule has 0 aliphatic rings. The van der Waals surface area contributed by atoms with Gasteiger partial charge in [-0.25, -0.2) is 4.39 Å². The first-order valence-corrected chi connectivity index (χ1v) is 7.40. The minimum atomic E-state index is -0.292. The lowest BCUT2D eigenvalue weighted by Crippen LogP contribution is -2.23. The molecule has 0 fully saturated rings. The number of nitrogens with one attached hydrogen (secondary N) is 2. The Morgan fingerprint density at radius 1 is 1.04 bits per heavy atom. The molecule has 0 saturated heterocycles. The van der Waals surface area contributed by atoms with E-state index >= 15 is 0 Å². The van der Waals surface area contributed by atoms with Crippen molar-refractivity contribution in [3.63, 3.8) is 0 Å². The number of amides is 2. The molecule has 0 aromatic heterocycles. The predicted octanol–water partition coefficient (Wildman–Crippen LogP) is 2.43. The second-order valence-corrected chi connectivity index (χ2v) is 5.18. The summed E-state index contributed by atoms with van der Waals surface area (Å²) in [5.41, 5.74) is 2.29. The van der Waals surface area contributed by atoms with Crippen molar-refractivity contribution in [2.24, 2.45) is 0 Å². The zero-order valence-electron chi connectivity index (χ0n) is 12.9. The summed E-state index contributed by atoms with van der Waals surface area (Å²) >= 11 is 0. The van der Waals surface area contributed by atoms with Crippen molar-refractivity contribution >= 4 is 11.8 Å². The van der Waals surface area contributed by atoms with Gasteiger partial charge in [0.2, 0.25) is 5.91 Å². The van der Waals surface area contributed by atoms with Crippen molar-refractivity contribution in [3.05, 3.63) is 71.0 Å². The van der Waals surface area contributed by atoms with Crippen LogP contribution in [-0.2, 0) is 17.8 Å². The van der Waals surface area contributed by atoms with Gasteiger partial charge in [-0.05, 0) is 41.8 Å². The van der Waals surface area contributed by atoms with Crippen molar-refractivity contribution in [2.45, 2.75) is 19.4 Å². The van der Waals surface area contributed by atoms with E-state index in [-0.39, 0.29) is 17.6 Å². The number of carbonyl (C=O) groups is 2. The zero-order chi connectivity index (χ0) is 16.7. The summed E-state index contributed by atoms with van der Waals surface area (Å²) in [5, 5.41) is 5.37. The molecule has 0 spiro atoms. The largest absolute Gasteiger partial charge is 0.355 e. The summed E-state index contributed by atoms with van der Waals surface area (Å²) in [7, 11) is 1.58. The predicted molar refractivity (Wildman–Crippen MR) is 86.4 cm³/mol. The molecule has 2 aromatic rings. The van der Waals surface area contributed by atoms with E-state index in [2.05, 4.69) is 10.6 Å². The fraction of sp³-hybridized carbons (Fsp3) is 0.222. The van der Waals surface area contributed by atoms with E-state index < -0.39 is 0 Å². The van der Waals surface area contributed by atoms with Crippen LogP contribution >= 0.6 is 0 Å². The minimum Gasteiger partial charge on any atom is -0.355 e. The number of hydrogen-bond donors (Lipinski definition) is 2. The van der Waals surface area contributed by atoms with Gasteiger partial charge in [-0.2, -0.15) is 0 Å². The van der Waals surface area contributed by atoms with E-state index in [9.17, 15) is 14.0 Å². The highest BCUT2D eigenvalue weighted by Crippen LogP contribution is 2.07. The van der Waals surface area contributed by atoms with E-state index in [1.807, 2.05) is 0 Å². The third-order valence-electron chi connectivity index (χ3n) is 3.46. The molecule has 2 amide bonds. The Morgan fingerprint density at radius 3 is 2.43 bits per heavy atom. The average molecular weight is 314 g/mol. The van der Waals surface area contributed by atoms with E-state index in [1.165, 1.54) is 12.1 Å². The van der Waals surface area contributed by atoms with Crippen molar-refractivity contribution in [1.82, 2.24) is 10.6 Å². The number of rotatable bonds is 6. The standard InChI is InChI=1S/C18H19FN2O2/c1-20-18(23)15-8-5-14(6-9-15)12-21-17(22)10-7-13-3-2-4-16(19)11-13/h2-6,8-9,11H,7,10,12H2,1H3,(H,20,23)(H,21,22). The van der Waals surface area contributed by atoms with Gasteiger partial charge >= 0.3 is 0 Å². The molecule has 120 valence electrons. The van der Waals surface area contributed by atoms with E-state index in [4.69, 9.17) is 0 Å². The second-order valence-electron chi connectivity index (χ2n) is 5.18. The summed E-state index contributed by atoms with van der Waals surface area (Å²) in [4.78, 5) is 23.3. The minimum absolute atomic E-state index is 0.0929. The lowest BCUT2D eigenvalue weighted by molar-refractivity contribution is -0.121. The quantitative estimate of drug-likeness (QED) is 0.860. The number of carbonyl (C=O) groups excluding carboxylic acids is 2. The van der Waals surface area contributed by atoms with E-state index in [0.717, 1.165) is 11.1 Å². The highest BCUT2D eigenvalue weighted by Gasteiger charge is 2.05. The van der Waals surface area contributed by atoms with Gasteiger partial charge in [-0.1, -0.05) is 24.3 Å². The van der Waals surface area contributed by atoms with Crippen LogP contribution in [0.2, 0.25) is 0 Å². The topological polar surface area (TPSA) is 58.2 Å². The Hall–Kier alpha value is -2.69. The van der Waals surface area contributed by atoms with Crippen LogP contribution in [0.3, 0.4) is 0 Å². The average Bonchev–Trinajstić information content (AvgIpc) is 2.58. The van der Waals surface area contributed by atoms with Gasteiger partial charge in [0.05, 0.1) is 0 Å². The lowest BCUT2D eigenvalue weighted by Gasteiger charge is -2.07. The number of halogens is 1. The molecule has 4 nitrogen and oxygen atoms in total. The summed E-state index contributed by atoms with van der Waals surface area (Å²) in [5.74, 6) is -0.528. The molecule has 0 atom stereocenters. The number of aryl methyl sites for hydroxylation is 1. The fourth-order valence-electron chi connectivity index (χ4n) is 2.16. The van der Waals surface area contributed by atoms with Crippen LogP contribution in [0.15, 0.2) is 48.5 Å². The highest BCUT2D eigenvalue weighted by atomic mass is 19.1. The monoisotopic (exact) mass is 314 g/mol. The van der Waals surface area contributed by atoms with Gasteiger partial charge in [0.25, 0.3) is 5.91 Å². The normalized spacial score (nSPS) is 10.2. The third-order valence-corrected chi connectivity index (χ3v) is 3.46. The Kier molecular flexibility index (Phi) is 5.86. The smallest absolute Gasteiger partial charge is 0.251 e. The molecule has 2 N–H and O–H groups in total. The van der Waals surface area contributed by atoms with Crippen LogP contribution in [0, 0.1) is 5.82 Å². The maximum absolute atomic E-state index is 13.0. The van der Waals surface area contributed by atoms with E-state index in [0.29, 0.717) is 24.9 Å². The number of benzene rings is 2. The molecule has 0 aliphatic heterocycles. The van der Waals surface area contributed by atoms with Crippen molar-refractivity contribution in [3.8, 4) is 0 Å². The van der Waals surface area contributed by atoms with Crippen LogP contribution < -0.4 is 10.6 Å². The second kappa shape index (κ2) is 8.08. The molecule has 5 heteroatoms. The van der Waals surface area contributed by atoms with Gasteiger partial charge in [0.1, 0.15) is 5.82 Å². The summed E-state index contributed by atoms with van der Waals surface area (Å²) in [6.07, 6.45) is 0.805. The molecule has 23 heavy (non-hydrogen) atoms. The maximum Gasteiger partial charge on any atom is 0.251 e. The van der Waals surface area contributed by atoms with Gasteiger partial charge in [-0.15, -0.1) is 0 Å². The van der Waals surface area contributed by atoms with Crippen LogP contribution in [0.4, 0.5) is 4.39 Å². The molecular formula is C18H19FN2O2. The van der Waals surface area contributed by atoms with E-state index in [1.54, 1.807) is 43.4 Å². The molecule has 0 aliphatic carbocycles. The van der Waals surface area contributed by atoms with Crippen LogP contribution in [0.5, 0.6) is 0 Å². The summed E-state index contributed by atoms with van der Waals surface area (Å²) in [6.45, 7) is 0.399. The van der Waals surface area contributed by atoms with Crippen LogP contribution in [0.1, 0.15) is 27.9 Å². The van der Waals surface area contributed by atoms with Crippen molar-refractivity contribution < 1.29 is 14.0 Å². The first-order valence-electron chi connectivity index (χ1n) is 7.40. The summed E-state index contributed by atoms with van der Waals surface area (Å²) in [6, 6.07) is 13.3. The molecule has 0 radical (unpaired) electrons. The molecule has 2 rings (SSSR count). The third kappa shape index (κ3) is 5.21. The van der Waals surface area contributed by atoms with Crippen molar-refractivity contribution in [2.75, 3.05) is 7.05 Å².